The molecule has 2 N–H and O–H groups in total. The van der Waals surface area contributed by atoms with Gasteiger partial charge in [0.05, 0.1) is 12.6 Å². The summed E-state index contributed by atoms with van der Waals surface area (Å²) in [7, 11) is 0. The van der Waals surface area contributed by atoms with Crippen LogP contribution in [0, 0.1) is 0 Å². The van der Waals surface area contributed by atoms with Crippen LogP contribution in [-0.4, -0.2) is 38.3 Å². The van der Waals surface area contributed by atoms with Gasteiger partial charge in [0.25, 0.3) is 0 Å². The number of quaternary nitrogens is 1. The molecule has 0 saturated carbocycles. The summed E-state index contributed by atoms with van der Waals surface area (Å²) in [6, 6.07) is 8.93. The van der Waals surface area contributed by atoms with Gasteiger partial charge in [-0.2, -0.15) is 0 Å². The maximum atomic E-state index is 3.60. The zero-order valence-electron chi connectivity index (χ0n) is 13.2. The lowest BCUT2D eigenvalue weighted by molar-refractivity contribution is 0.203. The first kappa shape index (κ1) is 13.7. The summed E-state index contributed by atoms with van der Waals surface area (Å²) >= 11 is 0. The van der Waals surface area contributed by atoms with Crippen LogP contribution in [0.3, 0.4) is 0 Å². The molecule has 3 aliphatic heterocycles. The van der Waals surface area contributed by atoms with Gasteiger partial charge in [0, 0.05) is 45.0 Å². The van der Waals surface area contributed by atoms with Crippen LogP contribution in [0.2, 0.25) is 0 Å². The Balaban J connectivity index is 1.76. The fourth-order valence-corrected chi connectivity index (χ4v) is 4.99. The number of nitrogens with one attached hydrogen (secondary N) is 2. The van der Waals surface area contributed by atoms with E-state index in [0.717, 1.165) is 25.2 Å². The van der Waals surface area contributed by atoms with E-state index in [1.807, 2.05) is 0 Å². The Morgan fingerprint density at radius 2 is 2.05 bits per heavy atom. The van der Waals surface area contributed by atoms with Gasteiger partial charge >= 0.3 is 0 Å². The van der Waals surface area contributed by atoms with Crippen molar-refractivity contribution in [2.45, 2.75) is 51.2 Å². The Kier molecular flexibility index (Phi) is 3.52. The summed E-state index contributed by atoms with van der Waals surface area (Å²) in [5.41, 5.74) is 4.70. The molecule has 21 heavy (non-hydrogen) atoms. The number of benzene rings is 1. The third-order valence-corrected chi connectivity index (χ3v) is 6.18. The summed E-state index contributed by atoms with van der Waals surface area (Å²) in [6.07, 6.45) is 5.30. The van der Waals surface area contributed by atoms with E-state index >= 15 is 0 Å². The molecule has 0 spiro atoms. The molecule has 1 aromatic rings. The normalized spacial score (nSPS) is 35.9. The Bertz CT molecular complexity index is 521. The number of fused-ring (bicyclic) bond motifs is 1. The topological polar surface area (TPSA) is 24.1 Å². The molecule has 1 aromatic carbocycles. The molecule has 3 heterocycles. The minimum atomic E-state index is 0.773. The van der Waals surface area contributed by atoms with Crippen LogP contribution in [0.15, 0.2) is 18.2 Å². The SMILES string of the molecule is C[C@H]1CCC[N+]1(c1ccc2c(c1)CCNC2)[C@H]1CCNC1. The molecule has 4 rings (SSSR count). The van der Waals surface area contributed by atoms with Crippen LogP contribution in [0.4, 0.5) is 5.69 Å². The molecule has 0 amide bonds. The minimum Gasteiger partial charge on any atom is -0.312 e. The lowest BCUT2D eigenvalue weighted by Gasteiger charge is -2.43. The summed E-state index contributed by atoms with van der Waals surface area (Å²) in [5, 5.41) is 7.09. The zero-order chi connectivity index (χ0) is 14.3. The van der Waals surface area contributed by atoms with E-state index < -0.39 is 0 Å². The first-order valence-electron chi connectivity index (χ1n) is 8.72. The van der Waals surface area contributed by atoms with Crippen LogP contribution in [-0.2, 0) is 13.0 Å². The number of nitrogens with zero attached hydrogens (tertiary/aromatic N) is 1. The molecule has 2 fully saturated rings. The largest absolute Gasteiger partial charge is 0.312 e. The predicted molar refractivity (Wildman–Crippen MR) is 88.5 cm³/mol. The van der Waals surface area contributed by atoms with Gasteiger partial charge in [-0.25, -0.2) is 0 Å². The molecular weight excluding hydrogens is 258 g/mol. The highest BCUT2D eigenvalue weighted by molar-refractivity contribution is 5.51. The summed E-state index contributed by atoms with van der Waals surface area (Å²) in [4.78, 5) is 0. The van der Waals surface area contributed by atoms with Crippen molar-refractivity contribution in [1.29, 1.82) is 0 Å². The fraction of sp³-hybridized carbons (Fsp3) is 0.667. The summed E-state index contributed by atoms with van der Waals surface area (Å²) in [5.74, 6) is 0. The van der Waals surface area contributed by atoms with Crippen molar-refractivity contribution in [3.63, 3.8) is 0 Å². The number of likely N-dealkylation sites (tertiary alicyclic amines) is 1. The first-order valence-corrected chi connectivity index (χ1v) is 8.72. The van der Waals surface area contributed by atoms with Gasteiger partial charge in [0.15, 0.2) is 0 Å². The van der Waals surface area contributed by atoms with Gasteiger partial charge < -0.3 is 10.6 Å². The van der Waals surface area contributed by atoms with Gasteiger partial charge in [-0.1, -0.05) is 6.07 Å². The van der Waals surface area contributed by atoms with E-state index in [1.165, 1.54) is 55.4 Å². The summed E-state index contributed by atoms with van der Waals surface area (Å²) < 4.78 is 1.24. The Hall–Kier alpha value is -0.900. The first-order chi connectivity index (χ1) is 10.3. The quantitative estimate of drug-likeness (QED) is 0.814. The van der Waals surface area contributed by atoms with Crippen molar-refractivity contribution in [2.75, 3.05) is 26.2 Å². The second kappa shape index (κ2) is 5.38. The van der Waals surface area contributed by atoms with Crippen molar-refractivity contribution in [2.24, 2.45) is 0 Å². The van der Waals surface area contributed by atoms with Crippen LogP contribution in [0.25, 0.3) is 0 Å². The molecule has 0 bridgehead atoms. The minimum absolute atomic E-state index is 0.773. The molecule has 0 aliphatic carbocycles. The zero-order valence-corrected chi connectivity index (χ0v) is 13.2. The molecule has 1 unspecified atom stereocenters. The standard InChI is InChI=1S/C18H28N3/c1-14-3-2-10-21(14,18-7-9-20-13-18)17-5-4-16-12-19-8-6-15(16)11-17/h4-5,11,14,18-20H,2-3,6-10,12-13H2,1H3/q+1/t14-,18-,21?/m0/s1. The Morgan fingerprint density at radius 1 is 1.10 bits per heavy atom. The van der Waals surface area contributed by atoms with Crippen molar-refractivity contribution >= 4 is 5.69 Å². The lowest BCUT2D eigenvalue weighted by atomic mass is 9.97. The highest BCUT2D eigenvalue weighted by atomic mass is 15.4. The van der Waals surface area contributed by atoms with Gasteiger partial charge in [-0.15, -0.1) is 0 Å². The monoisotopic (exact) mass is 286 g/mol. The Morgan fingerprint density at radius 3 is 2.81 bits per heavy atom. The second-order valence-corrected chi connectivity index (χ2v) is 7.17. The molecule has 0 radical (unpaired) electrons. The second-order valence-electron chi connectivity index (χ2n) is 7.17. The molecule has 114 valence electrons. The predicted octanol–water partition coefficient (Wildman–Crippen LogP) is 2.18. The lowest BCUT2D eigenvalue weighted by Crippen LogP contribution is -2.59. The van der Waals surface area contributed by atoms with Crippen LogP contribution in [0.1, 0.15) is 37.3 Å². The average molecular weight is 286 g/mol. The average Bonchev–Trinajstić information content (AvgIpc) is 3.17. The van der Waals surface area contributed by atoms with Crippen LogP contribution >= 0.6 is 0 Å². The van der Waals surface area contributed by atoms with Crippen molar-refractivity contribution < 1.29 is 0 Å². The van der Waals surface area contributed by atoms with E-state index in [0.29, 0.717) is 0 Å². The highest BCUT2D eigenvalue weighted by Crippen LogP contribution is 2.40. The molecule has 3 nitrogen and oxygen atoms in total. The van der Waals surface area contributed by atoms with Gasteiger partial charge in [-0.05, 0) is 37.1 Å². The number of hydrogen-bond acceptors (Lipinski definition) is 2. The molecule has 3 aliphatic rings. The highest BCUT2D eigenvalue weighted by Gasteiger charge is 2.48. The van der Waals surface area contributed by atoms with E-state index in [1.54, 1.807) is 11.3 Å². The van der Waals surface area contributed by atoms with Gasteiger partial charge in [0.2, 0.25) is 0 Å². The van der Waals surface area contributed by atoms with Gasteiger partial charge in [0.1, 0.15) is 11.7 Å². The van der Waals surface area contributed by atoms with Gasteiger partial charge in [-0.3, -0.25) is 4.48 Å². The van der Waals surface area contributed by atoms with E-state index in [4.69, 9.17) is 0 Å². The Labute approximate surface area is 128 Å². The third-order valence-electron chi connectivity index (χ3n) is 6.18. The third kappa shape index (κ3) is 2.14. The summed E-state index contributed by atoms with van der Waals surface area (Å²) in [6.45, 7) is 8.40. The van der Waals surface area contributed by atoms with Crippen molar-refractivity contribution in [1.82, 2.24) is 15.1 Å². The number of rotatable bonds is 2. The van der Waals surface area contributed by atoms with E-state index in [2.05, 4.69) is 35.8 Å². The number of hydrogen-bond donors (Lipinski definition) is 2. The fourth-order valence-electron chi connectivity index (χ4n) is 4.99. The molecule has 2 saturated heterocycles. The van der Waals surface area contributed by atoms with E-state index in [-0.39, 0.29) is 0 Å². The van der Waals surface area contributed by atoms with E-state index in [9.17, 15) is 0 Å². The molecule has 3 atom stereocenters. The molecule has 0 aromatic heterocycles. The maximum Gasteiger partial charge on any atom is 0.133 e. The molecular formula is C18H28N3+. The van der Waals surface area contributed by atoms with Crippen LogP contribution < -0.4 is 15.1 Å². The van der Waals surface area contributed by atoms with Crippen molar-refractivity contribution in [3.05, 3.63) is 29.3 Å². The smallest absolute Gasteiger partial charge is 0.133 e. The maximum absolute atomic E-state index is 3.60. The molecule has 3 heteroatoms. The van der Waals surface area contributed by atoms with Crippen LogP contribution in [0.5, 0.6) is 0 Å². The van der Waals surface area contributed by atoms with Crippen molar-refractivity contribution in [3.8, 4) is 0 Å².